The van der Waals surface area contributed by atoms with Gasteiger partial charge in [0.1, 0.15) is 12.4 Å². The lowest BCUT2D eigenvalue weighted by molar-refractivity contribution is -0.119. The first-order valence-corrected chi connectivity index (χ1v) is 14.9. The summed E-state index contributed by atoms with van der Waals surface area (Å²) >= 11 is 0. The molecule has 166 valence electrons. The molecular formula is C24H48O3Si. The summed E-state index contributed by atoms with van der Waals surface area (Å²) < 4.78 is 12.8. The zero-order valence-corrected chi connectivity index (χ0v) is 20.7. The average Bonchev–Trinajstić information content (AvgIpc) is 3.10. The maximum absolute atomic E-state index is 11.1. The number of unbranched alkanes of at least 4 members (excludes halogenated alkanes) is 9. The monoisotopic (exact) mass is 412 g/mol. The van der Waals surface area contributed by atoms with Crippen LogP contribution in [0.2, 0.25) is 18.1 Å². The van der Waals surface area contributed by atoms with Crippen molar-refractivity contribution >= 4 is 14.6 Å². The maximum atomic E-state index is 11.1. The highest BCUT2D eigenvalue weighted by atomic mass is 28.4. The van der Waals surface area contributed by atoms with Crippen LogP contribution in [0.25, 0.3) is 0 Å². The second-order valence-corrected chi connectivity index (χ2v) is 15.1. The Morgan fingerprint density at radius 1 is 0.964 bits per heavy atom. The lowest BCUT2D eigenvalue weighted by Gasteiger charge is -2.40. The molecular weight excluding hydrogens is 364 g/mol. The fourth-order valence-electron chi connectivity index (χ4n) is 3.77. The van der Waals surface area contributed by atoms with E-state index in [0.717, 1.165) is 25.5 Å². The Balaban J connectivity index is 2.37. The fraction of sp³-hybridized carbons (Fsp3) is 0.958. The van der Waals surface area contributed by atoms with Gasteiger partial charge in [-0.25, -0.2) is 0 Å². The fourth-order valence-corrected chi connectivity index (χ4v) is 5.15. The molecule has 1 aliphatic heterocycles. The smallest absolute Gasteiger partial charge is 0.192 e. The van der Waals surface area contributed by atoms with E-state index < -0.39 is 8.32 Å². The van der Waals surface area contributed by atoms with E-state index >= 15 is 0 Å². The van der Waals surface area contributed by atoms with Gasteiger partial charge in [-0.15, -0.1) is 0 Å². The number of hydrogen-bond donors (Lipinski definition) is 0. The molecule has 0 bridgehead atoms. The Hall–Kier alpha value is -0.193. The summed E-state index contributed by atoms with van der Waals surface area (Å²) in [4.78, 5) is 11.1. The normalized spacial score (nSPS) is 21.8. The molecule has 0 saturated carbocycles. The van der Waals surface area contributed by atoms with E-state index in [1.807, 2.05) is 0 Å². The molecule has 0 unspecified atom stereocenters. The number of aldehydes is 1. The van der Waals surface area contributed by atoms with Crippen molar-refractivity contribution in [2.24, 2.45) is 0 Å². The van der Waals surface area contributed by atoms with E-state index in [1.54, 1.807) is 0 Å². The van der Waals surface area contributed by atoms with Gasteiger partial charge in [0.05, 0.1) is 12.2 Å². The first kappa shape index (κ1) is 25.8. The Morgan fingerprint density at radius 2 is 1.50 bits per heavy atom. The second-order valence-electron chi connectivity index (χ2n) is 10.3. The Morgan fingerprint density at radius 3 is 1.96 bits per heavy atom. The van der Waals surface area contributed by atoms with E-state index in [2.05, 4.69) is 40.8 Å². The molecule has 0 spiro atoms. The summed E-state index contributed by atoms with van der Waals surface area (Å²) in [6.07, 6.45) is 17.4. The van der Waals surface area contributed by atoms with Crippen LogP contribution >= 0.6 is 0 Å². The maximum Gasteiger partial charge on any atom is 0.192 e. The first-order chi connectivity index (χ1) is 13.2. The van der Waals surface area contributed by atoms with Gasteiger partial charge in [-0.3, -0.25) is 0 Å². The molecule has 1 saturated heterocycles. The minimum absolute atomic E-state index is 0.0999. The average molecular weight is 413 g/mol. The van der Waals surface area contributed by atoms with Crippen molar-refractivity contribution < 1.29 is 14.0 Å². The summed E-state index contributed by atoms with van der Waals surface area (Å²) in [5.41, 5.74) is 0. The summed E-state index contributed by atoms with van der Waals surface area (Å²) in [5, 5.41) is 0.200. The molecule has 0 aliphatic carbocycles. The lowest BCUT2D eigenvalue weighted by atomic mass is 10.0. The van der Waals surface area contributed by atoms with Gasteiger partial charge in [-0.05, 0) is 37.4 Å². The van der Waals surface area contributed by atoms with Crippen LogP contribution in [0.1, 0.15) is 111 Å². The van der Waals surface area contributed by atoms with E-state index in [0.29, 0.717) is 0 Å². The van der Waals surface area contributed by atoms with Crippen LogP contribution in [-0.2, 0) is 14.0 Å². The first-order valence-electron chi connectivity index (χ1n) is 12.0. The van der Waals surface area contributed by atoms with Crippen molar-refractivity contribution in [3.05, 3.63) is 0 Å². The molecule has 0 aromatic heterocycles. The SMILES string of the molecule is CCCCCCCCCCCC[C@@H](O[Si](C)(C)C(C)(C)C)[C@H]1CC[C@@H](C=O)O1. The topological polar surface area (TPSA) is 35.5 Å². The molecule has 1 heterocycles. The third kappa shape index (κ3) is 9.54. The number of ether oxygens (including phenoxy) is 1. The summed E-state index contributed by atoms with van der Waals surface area (Å²) in [7, 11) is -1.83. The van der Waals surface area contributed by atoms with Gasteiger partial charge in [0.2, 0.25) is 0 Å². The third-order valence-electron chi connectivity index (χ3n) is 6.75. The standard InChI is InChI=1S/C24H48O3Si/c1-7-8-9-10-11-12-13-14-15-16-17-23(22-19-18-21(20-25)26-22)27-28(5,6)24(2,3)4/h20-23H,7-19H2,1-6H3/t21-,22+,23+/m0/s1. The third-order valence-corrected chi connectivity index (χ3v) is 11.3. The molecule has 4 heteroatoms. The summed E-state index contributed by atoms with van der Waals surface area (Å²) in [6.45, 7) is 13.8. The quantitative estimate of drug-likeness (QED) is 0.159. The highest BCUT2D eigenvalue weighted by Gasteiger charge is 2.42. The van der Waals surface area contributed by atoms with Crippen LogP contribution in [0.3, 0.4) is 0 Å². The molecule has 0 aromatic rings. The lowest BCUT2D eigenvalue weighted by Crippen LogP contribution is -2.47. The zero-order chi connectivity index (χ0) is 21.0. The van der Waals surface area contributed by atoms with Crippen LogP contribution in [0.4, 0.5) is 0 Å². The molecule has 0 aromatic carbocycles. The molecule has 0 N–H and O–H groups in total. The van der Waals surface area contributed by atoms with Crippen LogP contribution in [0, 0.1) is 0 Å². The predicted octanol–water partition coefficient (Wildman–Crippen LogP) is 7.43. The summed E-state index contributed by atoms with van der Waals surface area (Å²) in [5.74, 6) is 0. The van der Waals surface area contributed by atoms with Gasteiger partial charge in [-0.2, -0.15) is 0 Å². The molecule has 28 heavy (non-hydrogen) atoms. The zero-order valence-electron chi connectivity index (χ0n) is 19.7. The van der Waals surface area contributed by atoms with E-state index in [9.17, 15) is 4.79 Å². The van der Waals surface area contributed by atoms with Crippen molar-refractivity contribution in [2.45, 2.75) is 148 Å². The number of hydrogen-bond acceptors (Lipinski definition) is 3. The predicted molar refractivity (Wildman–Crippen MR) is 122 cm³/mol. The van der Waals surface area contributed by atoms with Crippen LogP contribution in [-0.4, -0.2) is 32.9 Å². The molecule has 3 nitrogen and oxygen atoms in total. The van der Waals surface area contributed by atoms with Crippen molar-refractivity contribution in [1.82, 2.24) is 0 Å². The van der Waals surface area contributed by atoms with Crippen molar-refractivity contribution in [1.29, 1.82) is 0 Å². The van der Waals surface area contributed by atoms with Crippen LogP contribution < -0.4 is 0 Å². The van der Waals surface area contributed by atoms with E-state index in [-0.39, 0.29) is 23.4 Å². The van der Waals surface area contributed by atoms with Crippen molar-refractivity contribution in [2.75, 3.05) is 0 Å². The van der Waals surface area contributed by atoms with Crippen molar-refractivity contribution in [3.8, 4) is 0 Å². The molecule has 1 aliphatic rings. The highest BCUT2D eigenvalue weighted by molar-refractivity contribution is 6.74. The molecule has 0 amide bonds. The Bertz CT molecular complexity index is 417. The van der Waals surface area contributed by atoms with Gasteiger partial charge in [0, 0.05) is 0 Å². The second kappa shape index (κ2) is 13.2. The highest BCUT2D eigenvalue weighted by Crippen LogP contribution is 2.39. The molecule has 1 rings (SSSR count). The number of carbonyl (C=O) groups is 1. The molecule has 1 fully saturated rings. The number of rotatable bonds is 15. The van der Waals surface area contributed by atoms with Gasteiger partial charge < -0.3 is 14.0 Å². The van der Waals surface area contributed by atoms with Gasteiger partial charge >= 0.3 is 0 Å². The minimum atomic E-state index is -1.83. The Kier molecular flexibility index (Phi) is 12.2. The number of carbonyl (C=O) groups excluding carboxylic acids is 1. The van der Waals surface area contributed by atoms with Gasteiger partial charge in [-0.1, -0.05) is 91.9 Å². The minimum Gasteiger partial charge on any atom is -0.411 e. The summed E-state index contributed by atoms with van der Waals surface area (Å²) in [6, 6.07) is 0. The van der Waals surface area contributed by atoms with Crippen LogP contribution in [0.5, 0.6) is 0 Å². The Labute approximate surface area is 176 Å². The van der Waals surface area contributed by atoms with Crippen molar-refractivity contribution in [3.63, 3.8) is 0 Å². The van der Waals surface area contributed by atoms with Crippen LogP contribution in [0.15, 0.2) is 0 Å². The van der Waals surface area contributed by atoms with E-state index in [1.165, 1.54) is 64.2 Å². The van der Waals surface area contributed by atoms with E-state index in [4.69, 9.17) is 9.16 Å². The molecule has 3 atom stereocenters. The molecule has 0 radical (unpaired) electrons. The van der Waals surface area contributed by atoms with Gasteiger partial charge in [0.25, 0.3) is 0 Å². The van der Waals surface area contributed by atoms with Gasteiger partial charge in [0.15, 0.2) is 8.32 Å². The largest absolute Gasteiger partial charge is 0.411 e.